The summed E-state index contributed by atoms with van der Waals surface area (Å²) in [6.07, 6.45) is 7.35. The maximum Gasteiger partial charge on any atom is 1.00 e. The first-order valence-corrected chi connectivity index (χ1v) is 4.55. The number of carbonyl (C=O) groups is 1. The molecule has 0 radical (unpaired) electrons. The van der Waals surface area contributed by atoms with Crippen molar-refractivity contribution in [3.63, 3.8) is 0 Å². The van der Waals surface area contributed by atoms with Crippen LogP contribution in [-0.2, 0) is 21.9 Å². The molecule has 0 aromatic heterocycles. The monoisotopic (exact) mass is 260 g/mol. The summed E-state index contributed by atoms with van der Waals surface area (Å²) in [4.78, 5) is 11.3. The molecule has 2 rings (SSSR count). The second-order valence-electron chi connectivity index (χ2n) is 2.98. The SMILES string of the molecule is O=C1C=[C-]C=CC1=NNc1ccccc1.[Cu+]. The standard InChI is InChI=1S/C12H9N2O.Cu/c15-12-9-5-4-8-11(12)14-13-10-6-2-1-3-7-10;/h1-4,6-9,13H;/q-1;+1. The van der Waals surface area contributed by atoms with Crippen LogP contribution >= 0.6 is 0 Å². The minimum absolute atomic E-state index is 0. The Morgan fingerprint density at radius 2 is 1.94 bits per heavy atom. The minimum atomic E-state index is -0.138. The molecule has 16 heavy (non-hydrogen) atoms. The molecule has 1 aromatic carbocycles. The van der Waals surface area contributed by atoms with E-state index in [1.807, 2.05) is 30.3 Å². The Balaban J connectivity index is 0.00000128. The van der Waals surface area contributed by atoms with Gasteiger partial charge in [0.2, 0.25) is 0 Å². The average Bonchev–Trinajstić information content (AvgIpc) is 2.29. The number of hydrogen-bond donors (Lipinski definition) is 1. The summed E-state index contributed by atoms with van der Waals surface area (Å²) < 4.78 is 0. The van der Waals surface area contributed by atoms with Gasteiger partial charge in [-0.15, -0.1) is 12.2 Å². The third-order valence-corrected chi connectivity index (χ3v) is 1.88. The molecule has 1 aliphatic rings. The number of hydrogen-bond acceptors (Lipinski definition) is 3. The van der Waals surface area contributed by atoms with Gasteiger partial charge >= 0.3 is 17.1 Å². The molecule has 0 atom stereocenters. The summed E-state index contributed by atoms with van der Waals surface area (Å²) in [7, 11) is 0. The number of carbonyl (C=O) groups excluding carboxylic acids is 1. The van der Waals surface area contributed by atoms with Gasteiger partial charge in [-0.2, -0.15) is 17.3 Å². The molecule has 4 heteroatoms. The van der Waals surface area contributed by atoms with Crippen molar-refractivity contribution in [2.75, 3.05) is 5.43 Å². The van der Waals surface area contributed by atoms with Crippen LogP contribution in [0.15, 0.2) is 53.7 Å². The molecule has 1 N–H and O–H groups in total. The third-order valence-electron chi connectivity index (χ3n) is 1.88. The molecule has 0 aliphatic heterocycles. The molecule has 0 fully saturated rings. The van der Waals surface area contributed by atoms with E-state index in [4.69, 9.17) is 0 Å². The molecule has 1 aliphatic carbocycles. The molecule has 0 bridgehead atoms. The summed E-state index contributed by atoms with van der Waals surface area (Å²) in [5, 5.41) is 3.99. The van der Waals surface area contributed by atoms with E-state index in [0.29, 0.717) is 5.71 Å². The number of nitrogens with one attached hydrogen (secondary N) is 1. The molecule has 3 nitrogen and oxygen atoms in total. The topological polar surface area (TPSA) is 41.5 Å². The maximum absolute atomic E-state index is 11.3. The van der Waals surface area contributed by atoms with Crippen molar-refractivity contribution >= 4 is 17.2 Å². The quantitative estimate of drug-likeness (QED) is 0.382. The van der Waals surface area contributed by atoms with Gasteiger partial charge < -0.3 is 4.79 Å². The van der Waals surface area contributed by atoms with Gasteiger partial charge in [-0.25, -0.2) is 0 Å². The van der Waals surface area contributed by atoms with Crippen molar-refractivity contribution in [1.29, 1.82) is 0 Å². The van der Waals surface area contributed by atoms with Crippen LogP contribution in [0.5, 0.6) is 0 Å². The van der Waals surface area contributed by atoms with Crippen LogP contribution < -0.4 is 5.43 Å². The number of allylic oxidation sites excluding steroid dienone is 4. The van der Waals surface area contributed by atoms with Crippen molar-refractivity contribution in [2.45, 2.75) is 0 Å². The first kappa shape index (κ1) is 12.4. The summed E-state index contributed by atoms with van der Waals surface area (Å²) in [6.45, 7) is 0. The van der Waals surface area contributed by atoms with E-state index in [9.17, 15) is 4.79 Å². The smallest absolute Gasteiger partial charge is 0.364 e. The number of hydrazone groups is 1. The Bertz CT molecular complexity index is 449. The van der Waals surface area contributed by atoms with E-state index in [1.54, 1.807) is 12.2 Å². The van der Waals surface area contributed by atoms with Crippen LogP contribution in [0.3, 0.4) is 0 Å². The average molecular weight is 261 g/mol. The van der Waals surface area contributed by atoms with Gasteiger partial charge in [-0.3, -0.25) is 5.43 Å². The van der Waals surface area contributed by atoms with Gasteiger partial charge in [0.15, 0.2) is 0 Å². The molecule has 84 valence electrons. The first-order chi connectivity index (χ1) is 7.36. The Morgan fingerprint density at radius 3 is 2.62 bits per heavy atom. The fraction of sp³-hybridized carbons (Fsp3) is 0. The van der Waals surface area contributed by atoms with Crippen molar-refractivity contribution < 1.29 is 21.9 Å². The Morgan fingerprint density at radius 1 is 1.19 bits per heavy atom. The van der Waals surface area contributed by atoms with Gasteiger partial charge in [-0.1, -0.05) is 18.2 Å². The molecule has 0 spiro atoms. The summed E-state index contributed by atoms with van der Waals surface area (Å²) >= 11 is 0. The van der Waals surface area contributed by atoms with E-state index in [1.165, 1.54) is 6.08 Å². The van der Waals surface area contributed by atoms with E-state index < -0.39 is 0 Å². The van der Waals surface area contributed by atoms with E-state index >= 15 is 0 Å². The minimum Gasteiger partial charge on any atom is -0.364 e. The molecule has 0 amide bonds. The van der Waals surface area contributed by atoms with Crippen LogP contribution in [0.2, 0.25) is 0 Å². The normalized spacial score (nSPS) is 16.0. The maximum atomic E-state index is 11.3. The number of benzene rings is 1. The zero-order valence-corrected chi connectivity index (χ0v) is 9.22. The van der Waals surface area contributed by atoms with Crippen molar-refractivity contribution in [3.8, 4) is 0 Å². The number of ketones is 1. The van der Waals surface area contributed by atoms with Crippen LogP contribution in [-0.4, -0.2) is 11.5 Å². The van der Waals surface area contributed by atoms with Gasteiger partial charge in [-0.05, 0) is 12.1 Å². The van der Waals surface area contributed by atoms with E-state index in [2.05, 4.69) is 16.6 Å². The zero-order valence-electron chi connectivity index (χ0n) is 8.28. The summed E-state index contributed by atoms with van der Waals surface area (Å²) in [5.74, 6) is -0.138. The van der Waals surface area contributed by atoms with Crippen molar-refractivity contribution in [3.05, 3.63) is 54.6 Å². The zero-order chi connectivity index (χ0) is 10.5. The first-order valence-electron chi connectivity index (χ1n) is 4.55. The van der Waals surface area contributed by atoms with Crippen LogP contribution in [0.4, 0.5) is 5.69 Å². The largest absolute Gasteiger partial charge is 1.00 e. The van der Waals surface area contributed by atoms with Crippen LogP contribution in [0, 0.1) is 6.08 Å². The van der Waals surface area contributed by atoms with E-state index in [0.717, 1.165) is 5.69 Å². The van der Waals surface area contributed by atoms with E-state index in [-0.39, 0.29) is 22.9 Å². The fourth-order valence-corrected chi connectivity index (χ4v) is 1.14. The second kappa shape index (κ2) is 6.05. The molecular formula is C12H9CuN2O. The predicted molar refractivity (Wildman–Crippen MR) is 59.5 cm³/mol. The molecule has 0 unspecified atom stereocenters. The van der Waals surface area contributed by atoms with Crippen molar-refractivity contribution in [1.82, 2.24) is 0 Å². The molecular weight excluding hydrogens is 252 g/mol. The number of nitrogens with zero attached hydrogens (tertiary/aromatic N) is 1. The third kappa shape index (κ3) is 3.19. The van der Waals surface area contributed by atoms with Gasteiger partial charge in [0.1, 0.15) is 0 Å². The van der Waals surface area contributed by atoms with Gasteiger partial charge in [0, 0.05) is 5.71 Å². The van der Waals surface area contributed by atoms with Crippen LogP contribution in [0.25, 0.3) is 0 Å². The second-order valence-corrected chi connectivity index (χ2v) is 2.98. The Hall–Kier alpha value is -1.64. The molecule has 0 saturated carbocycles. The molecule has 0 saturated heterocycles. The van der Waals surface area contributed by atoms with Crippen molar-refractivity contribution in [2.24, 2.45) is 5.10 Å². The van der Waals surface area contributed by atoms with Gasteiger partial charge in [0.25, 0.3) is 0 Å². The molecule has 0 heterocycles. The van der Waals surface area contributed by atoms with Gasteiger partial charge in [0.05, 0.1) is 11.5 Å². The fourth-order valence-electron chi connectivity index (χ4n) is 1.14. The Labute approximate surface area is 104 Å². The summed E-state index contributed by atoms with van der Waals surface area (Å²) in [5.41, 5.74) is 4.05. The summed E-state index contributed by atoms with van der Waals surface area (Å²) in [6, 6.07) is 9.47. The number of para-hydroxylation sites is 1. The van der Waals surface area contributed by atoms with Crippen LogP contribution in [0.1, 0.15) is 0 Å². The number of rotatable bonds is 2. The number of anilines is 1. The Kier molecular flexibility index (Phi) is 4.70. The predicted octanol–water partition coefficient (Wildman–Crippen LogP) is 1.95. The molecule has 1 aromatic rings.